The summed E-state index contributed by atoms with van der Waals surface area (Å²) in [5.74, 6) is -0.669. The molecule has 2 aromatic rings. The number of hydrogen-bond acceptors (Lipinski definition) is 6. The van der Waals surface area contributed by atoms with Gasteiger partial charge in [0.25, 0.3) is 5.88 Å². The van der Waals surface area contributed by atoms with Gasteiger partial charge in [-0.05, 0) is 17.7 Å². The number of nitro groups is 1. The zero-order valence-electron chi connectivity index (χ0n) is 10.8. The van der Waals surface area contributed by atoms with E-state index in [4.69, 9.17) is 16.3 Å². The third-order valence-corrected chi connectivity index (χ3v) is 2.90. The van der Waals surface area contributed by atoms with Crippen LogP contribution in [0.2, 0.25) is 5.02 Å². The van der Waals surface area contributed by atoms with Crippen molar-refractivity contribution in [3.05, 3.63) is 51.0 Å². The van der Waals surface area contributed by atoms with E-state index in [1.807, 2.05) is 0 Å². The molecule has 9 heteroatoms. The molecule has 1 aromatic heterocycles. The van der Waals surface area contributed by atoms with E-state index < -0.39 is 10.7 Å². The van der Waals surface area contributed by atoms with Crippen molar-refractivity contribution in [2.75, 3.05) is 12.4 Å². The average Bonchev–Trinajstić information content (AvgIpc) is 2.47. The van der Waals surface area contributed by atoms with E-state index >= 15 is 0 Å². The molecule has 7 nitrogen and oxygen atoms in total. The van der Waals surface area contributed by atoms with Gasteiger partial charge in [-0.2, -0.15) is 4.98 Å². The maximum atomic E-state index is 13.1. The first-order chi connectivity index (χ1) is 10.0. The van der Waals surface area contributed by atoms with Crippen molar-refractivity contribution < 1.29 is 14.1 Å². The first-order valence-corrected chi connectivity index (χ1v) is 6.12. The molecule has 0 radical (unpaired) electrons. The predicted molar refractivity (Wildman–Crippen MR) is 74.0 cm³/mol. The lowest BCUT2D eigenvalue weighted by atomic mass is 10.2. The van der Waals surface area contributed by atoms with Crippen LogP contribution in [0.15, 0.2) is 24.5 Å². The van der Waals surface area contributed by atoms with Gasteiger partial charge < -0.3 is 10.1 Å². The van der Waals surface area contributed by atoms with Gasteiger partial charge in [-0.1, -0.05) is 17.7 Å². The van der Waals surface area contributed by atoms with Gasteiger partial charge in [0.05, 0.1) is 17.1 Å². The first kappa shape index (κ1) is 14.9. The fourth-order valence-corrected chi connectivity index (χ4v) is 1.84. The Morgan fingerprint density at radius 1 is 1.48 bits per heavy atom. The Hall–Kier alpha value is -2.48. The highest BCUT2D eigenvalue weighted by Crippen LogP contribution is 2.30. The number of nitrogens with one attached hydrogen (secondary N) is 1. The van der Waals surface area contributed by atoms with E-state index in [0.717, 1.165) is 6.33 Å². The molecule has 21 heavy (non-hydrogen) atoms. The Balaban J connectivity index is 2.23. The SMILES string of the molecule is COc1ncnc(NCc2ccc(F)c(Cl)c2)c1[N+](=O)[O-]. The Morgan fingerprint density at radius 2 is 2.24 bits per heavy atom. The molecule has 2 rings (SSSR count). The van der Waals surface area contributed by atoms with E-state index in [-0.39, 0.29) is 29.0 Å². The molecule has 0 aliphatic carbocycles. The summed E-state index contributed by atoms with van der Waals surface area (Å²) in [4.78, 5) is 17.9. The number of aromatic nitrogens is 2. The summed E-state index contributed by atoms with van der Waals surface area (Å²) in [6, 6.07) is 4.15. The van der Waals surface area contributed by atoms with Gasteiger partial charge in [0, 0.05) is 6.54 Å². The number of ether oxygens (including phenoxy) is 1. The molecule has 0 saturated heterocycles. The second-order valence-electron chi connectivity index (χ2n) is 3.94. The summed E-state index contributed by atoms with van der Waals surface area (Å²) in [5, 5.41) is 13.8. The summed E-state index contributed by atoms with van der Waals surface area (Å²) < 4.78 is 17.9. The van der Waals surface area contributed by atoms with E-state index in [2.05, 4.69) is 15.3 Å². The molecular weight excluding hydrogens is 303 g/mol. The second-order valence-corrected chi connectivity index (χ2v) is 4.35. The second kappa shape index (κ2) is 6.31. The lowest BCUT2D eigenvalue weighted by molar-refractivity contribution is -0.385. The van der Waals surface area contributed by atoms with Crippen molar-refractivity contribution in [1.29, 1.82) is 0 Å². The molecule has 1 N–H and O–H groups in total. The van der Waals surface area contributed by atoms with Crippen molar-refractivity contribution >= 4 is 23.1 Å². The topological polar surface area (TPSA) is 90.2 Å². The van der Waals surface area contributed by atoms with Crippen LogP contribution in [0.3, 0.4) is 0 Å². The molecule has 110 valence electrons. The van der Waals surface area contributed by atoms with Gasteiger partial charge in [-0.25, -0.2) is 9.37 Å². The summed E-state index contributed by atoms with van der Waals surface area (Å²) in [5.41, 5.74) is 0.279. The van der Waals surface area contributed by atoms with E-state index in [9.17, 15) is 14.5 Å². The number of methoxy groups -OCH3 is 1. The van der Waals surface area contributed by atoms with E-state index in [0.29, 0.717) is 5.56 Å². The fraction of sp³-hybridized carbons (Fsp3) is 0.167. The minimum Gasteiger partial charge on any atom is -0.476 e. The van der Waals surface area contributed by atoms with Crippen molar-refractivity contribution in [2.24, 2.45) is 0 Å². The highest BCUT2D eigenvalue weighted by Gasteiger charge is 2.23. The van der Waals surface area contributed by atoms with Crippen LogP contribution in [-0.4, -0.2) is 22.0 Å². The average molecular weight is 313 g/mol. The minimum absolute atomic E-state index is 0.00676. The van der Waals surface area contributed by atoms with Gasteiger partial charge in [-0.15, -0.1) is 0 Å². The van der Waals surface area contributed by atoms with Crippen LogP contribution in [-0.2, 0) is 6.54 Å². The largest absolute Gasteiger partial charge is 0.476 e. The lowest BCUT2D eigenvalue weighted by Gasteiger charge is -2.08. The zero-order valence-corrected chi connectivity index (χ0v) is 11.6. The van der Waals surface area contributed by atoms with Crippen molar-refractivity contribution in [2.45, 2.75) is 6.54 Å². The Labute approximate surface area is 123 Å². The van der Waals surface area contributed by atoms with Crippen LogP contribution in [0, 0.1) is 15.9 Å². The minimum atomic E-state index is -0.640. The van der Waals surface area contributed by atoms with Crippen molar-refractivity contribution in [3.8, 4) is 5.88 Å². The molecule has 0 aliphatic rings. The number of hydrogen-bond donors (Lipinski definition) is 1. The van der Waals surface area contributed by atoms with E-state index in [1.165, 1.54) is 25.3 Å². The predicted octanol–water partition coefficient (Wildman–Crippen LogP) is 2.80. The number of nitrogens with zero attached hydrogens (tertiary/aromatic N) is 3. The smallest absolute Gasteiger partial charge is 0.372 e. The number of anilines is 1. The lowest BCUT2D eigenvalue weighted by Crippen LogP contribution is -2.07. The molecule has 0 atom stereocenters. The molecule has 0 amide bonds. The zero-order chi connectivity index (χ0) is 15.4. The molecule has 0 aliphatic heterocycles. The number of rotatable bonds is 5. The molecule has 0 unspecified atom stereocenters. The molecular formula is C12H10ClFN4O3. The summed E-state index contributed by atoms with van der Waals surface area (Å²) in [6.45, 7) is 0.182. The van der Waals surface area contributed by atoms with Gasteiger partial charge in [0.15, 0.2) is 0 Å². The van der Waals surface area contributed by atoms with Crippen LogP contribution >= 0.6 is 11.6 Å². The van der Waals surface area contributed by atoms with Crippen molar-refractivity contribution in [1.82, 2.24) is 9.97 Å². The van der Waals surface area contributed by atoms with E-state index in [1.54, 1.807) is 0 Å². The summed E-state index contributed by atoms with van der Waals surface area (Å²) >= 11 is 5.67. The fourth-order valence-electron chi connectivity index (χ4n) is 1.64. The van der Waals surface area contributed by atoms with Crippen LogP contribution in [0.4, 0.5) is 15.9 Å². The molecule has 1 heterocycles. The molecule has 0 spiro atoms. The standard InChI is InChI=1S/C12H10ClFN4O3/c1-21-12-10(18(19)20)11(16-6-17-12)15-5-7-2-3-9(14)8(13)4-7/h2-4,6H,5H2,1H3,(H,15,16,17). The normalized spacial score (nSPS) is 10.2. The molecule has 0 saturated carbocycles. The van der Waals surface area contributed by atoms with Crippen LogP contribution < -0.4 is 10.1 Å². The maximum absolute atomic E-state index is 13.1. The van der Waals surface area contributed by atoms with Crippen LogP contribution in [0.25, 0.3) is 0 Å². The number of halogens is 2. The monoisotopic (exact) mass is 312 g/mol. The summed E-state index contributed by atoms with van der Waals surface area (Å²) in [6.07, 6.45) is 1.14. The number of benzene rings is 1. The van der Waals surface area contributed by atoms with Gasteiger partial charge >= 0.3 is 5.69 Å². The molecule has 0 fully saturated rings. The van der Waals surface area contributed by atoms with Gasteiger partial charge in [0.1, 0.15) is 12.1 Å². The Morgan fingerprint density at radius 3 is 2.86 bits per heavy atom. The molecule has 0 bridgehead atoms. The van der Waals surface area contributed by atoms with Crippen LogP contribution in [0.1, 0.15) is 5.56 Å². The summed E-state index contributed by atoms with van der Waals surface area (Å²) in [7, 11) is 1.28. The van der Waals surface area contributed by atoms with Gasteiger partial charge in [-0.3, -0.25) is 10.1 Å². The maximum Gasteiger partial charge on any atom is 0.372 e. The third-order valence-electron chi connectivity index (χ3n) is 2.61. The Kier molecular flexibility index (Phi) is 4.49. The third kappa shape index (κ3) is 3.34. The van der Waals surface area contributed by atoms with Crippen LogP contribution in [0.5, 0.6) is 5.88 Å². The van der Waals surface area contributed by atoms with Crippen molar-refractivity contribution in [3.63, 3.8) is 0 Å². The quantitative estimate of drug-likeness (QED) is 0.674. The molecule has 1 aromatic carbocycles. The highest BCUT2D eigenvalue weighted by molar-refractivity contribution is 6.30. The van der Waals surface area contributed by atoms with Gasteiger partial charge in [0.2, 0.25) is 5.82 Å². The first-order valence-electron chi connectivity index (χ1n) is 5.74. The Bertz CT molecular complexity index is 684. The highest BCUT2D eigenvalue weighted by atomic mass is 35.5.